The highest BCUT2D eigenvalue weighted by atomic mass is 35.5. The van der Waals surface area contributed by atoms with Crippen molar-refractivity contribution in [3.63, 3.8) is 0 Å². The number of allylic oxidation sites excluding steroid dienone is 1. The Hall–Kier alpha value is -0.910. The average molecular weight is 382 g/mol. The highest BCUT2D eigenvalue weighted by Crippen LogP contribution is 2.44. The molecule has 0 radical (unpaired) electrons. The van der Waals surface area contributed by atoms with E-state index in [1.807, 2.05) is 24.4 Å². The summed E-state index contributed by atoms with van der Waals surface area (Å²) in [4.78, 5) is 0. The first-order chi connectivity index (χ1) is 12.2. The highest BCUT2D eigenvalue weighted by molar-refractivity contribution is 6.42. The van der Waals surface area contributed by atoms with Gasteiger partial charge in [-0.05, 0) is 43.9 Å². The van der Waals surface area contributed by atoms with Gasteiger partial charge in [-0.25, -0.2) is 0 Å². The maximum absolute atomic E-state index is 6.29. The van der Waals surface area contributed by atoms with E-state index in [9.17, 15) is 0 Å². The number of hydrogen-bond donors (Lipinski definition) is 0. The second-order valence-electron chi connectivity index (χ2n) is 6.83. The number of halogens is 2. The summed E-state index contributed by atoms with van der Waals surface area (Å²) in [5.41, 5.74) is 2.10. The molecule has 1 aromatic carbocycles. The number of ether oxygens (including phenoxy) is 2. The van der Waals surface area contributed by atoms with Gasteiger partial charge in [0.05, 0.1) is 29.5 Å². The Morgan fingerprint density at radius 1 is 0.920 bits per heavy atom. The number of quaternary nitrogens is 1. The zero-order chi connectivity index (χ0) is 17.3. The van der Waals surface area contributed by atoms with Crippen molar-refractivity contribution in [3.05, 3.63) is 39.9 Å². The van der Waals surface area contributed by atoms with Crippen molar-refractivity contribution >= 4 is 35.1 Å². The van der Waals surface area contributed by atoms with Gasteiger partial charge in [-0.15, -0.1) is 4.59 Å². The van der Waals surface area contributed by atoms with E-state index >= 15 is 0 Å². The van der Waals surface area contributed by atoms with E-state index in [0.717, 1.165) is 63.0 Å². The lowest BCUT2D eigenvalue weighted by molar-refractivity contribution is -0.959. The highest BCUT2D eigenvalue weighted by Gasteiger charge is 2.53. The van der Waals surface area contributed by atoms with E-state index < -0.39 is 0 Å². The lowest BCUT2D eigenvalue weighted by atomic mass is 10.0. The van der Waals surface area contributed by atoms with Crippen LogP contribution in [0.5, 0.6) is 0 Å². The van der Waals surface area contributed by atoms with E-state index in [1.165, 1.54) is 0 Å². The third-order valence-electron chi connectivity index (χ3n) is 5.28. The summed E-state index contributed by atoms with van der Waals surface area (Å²) in [6, 6.07) is 5.77. The third kappa shape index (κ3) is 3.15. The van der Waals surface area contributed by atoms with Gasteiger partial charge in [0.1, 0.15) is 0 Å². The van der Waals surface area contributed by atoms with Crippen molar-refractivity contribution in [1.29, 1.82) is 0 Å². The van der Waals surface area contributed by atoms with Crippen LogP contribution < -0.4 is 0 Å². The molecule has 2 atom stereocenters. The summed E-state index contributed by atoms with van der Waals surface area (Å²) < 4.78 is 12.8. The Balaban J connectivity index is 1.76. The molecule has 0 aromatic heterocycles. The summed E-state index contributed by atoms with van der Waals surface area (Å²) in [6.07, 6.45) is 10.4. The van der Waals surface area contributed by atoms with E-state index in [1.54, 1.807) is 0 Å². The summed E-state index contributed by atoms with van der Waals surface area (Å²) >= 11 is 12.4. The minimum atomic E-state index is -0.0173. The molecule has 3 aliphatic rings. The molecule has 3 heterocycles. The molecule has 0 bridgehead atoms. The minimum Gasteiger partial charge on any atom is -0.327 e. The molecule has 0 saturated carbocycles. The summed E-state index contributed by atoms with van der Waals surface area (Å²) in [5, 5.41) is 6.03. The number of benzene rings is 1. The maximum Gasteiger partial charge on any atom is 0.224 e. The van der Waals surface area contributed by atoms with Crippen molar-refractivity contribution in [2.45, 2.75) is 51.0 Å². The fraction of sp³-hybridized carbons (Fsp3) is 0.526. The zero-order valence-corrected chi connectivity index (χ0v) is 15.7. The maximum atomic E-state index is 6.29. The van der Waals surface area contributed by atoms with E-state index in [-0.39, 0.29) is 12.5 Å². The normalized spacial score (nSPS) is 32.6. The third-order valence-corrected chi connectivity index (χ3v) is 6.02. The van der Waals surface area contributed by atoms with Crippen molar-refractivity contribution in [2.24, 2.45) is 5.10 Å². The largest absolute Gasteiger partial charge is 0.327 e. The predicted octanol–water partition coefficient (Wildman–Crippen LogP) is 5.20. The standard InChI is InChI=1S/C19H23Cl2N2O2/c20-15-8-7-14(13-16(15)21)17-9-10-22-23(17,18-5-1-3-11-24-18)19-6-2-4-12-25-19/h7-10,13,18-19H,1-6,11-12H2/q+1. The van der Waals surface area contributed by atoms with Crippen LogP contribution in [0.2, 0.25) is 10.0 Å². The molecule has 2 unspecified atom stereocenters. The first-order valence-electron chi connectivity index (χ1n) is 9.05. The topological polar surface area (TPSA) is 30.8 Å². The van der Waals surface area contributed by atoms with Gasteiger partial charge >= 0.3 is 0 Å². The lowest BCUT2D eigenvalue weighted by Crippen LogP contribution is -2.58. The number of nitrogens with zero attached hydrogens (tertiary/aromatic N) is 2. The Bertz CT molecular complexity index is 675. The Morgan fingerprint density at radius 3 is 2.16 bits per heavy atom. The van der Waals surface area contributed by atoms with Gasteiger partial charge in [-0.1, -0.05) is 28.3 Å². The van der Waals surface area contributed by atoms with Crippen molar-refractivity contribution in [2.75, 3.05) is 13.2 Å². The van der Waals surface area contributed by atoms with Crippen LogP contribution in [0, 0.1) is 0 Å². The van der Waals surface area contributed by atoms with Crippen LogP contribution in [-0.2, 0) is 9.47 Å². The van der Waals surface area contributed by atoms with Crippen LogP contribution in [0.3, 0.4) is 0 Å². The van der Waals surface area contributed by atoms with Crippen molar-refractivity contribution in [1.82, 2.24) is 0 Å². The molecule has 6 heteroatoms. The first-order valence-corrected chi connectivity index (χ1v) is 9.81. The van der Waals surface area contributed by atoms with Crippen LogP contribution >= 0.6 is 23.2 Å². The molecule has 4 nitrogen and oxygen atoms in total. The molecule has 2 saturated heterocycles. The SMILES string of the molecule is Clc1ccc(C2=CC=N[N+]2(C2CCCCO2)C2CCCCO2)cc1Cl. The van der Waals surface area contributed by atoms with Gasteiger partial charge in [0.25, 0.3) is 0 Å². The molecule has 2 fully saturated rings. The van der Waals surface area contributed by atoms with E-state index in [0.29, 0.717) is 14.6 Å². The minimum absolute atomic E-state index is 0.0173. The van der Waals surface area contributed by atoms with Crippen LogP contribution in [0.1, 0.15) is 44.1 Å². The Morgan fingerprint density at radius 2 is 1.60 bits per heavy atom. The van der Waals surface area contributed by atoms with Gasteiger partial charge in [-0.3, -0.25) is 0 Å². The number of hydrogen-bond acceptors (Lipinski definition) is 3. The molecule has 25 heavy (non-hydrogen) atoms. The van der Waals surface area contributed by atoms with Crippen LogP contribution in [0.25, 0.3) is 5.70 Å². The quantitative estimate of drug-likeness (QED) is 0.673. The zero-order valence-electron chi connectivity index (χ0n) is 14.2. The molecule has 0 spiro atoms. The van der Waals surface area contributed by atoms with Gasteiger partial charge < -0.3 is 9.47 Å². The van der Waals surface area contributed by atoms with Crippen LogP contribution in [-0.4, -0.2) is 36.5 Å². The average Bonchev–Trinajstić information content (AvgIpc) is 3.11. The molecule has 134 valence electrons. The number of rotatable bonds is 3. The molecule has 0 aliphatic carbocycles. The fourth-order valence-corrected chi connectivity index (χ4v) is 4.37. The Kier molecular flexibility index (Phi) is 5.16. The van der Waals surface area contributed by atoms with Gasteiger partial charge in [0, 0.05) is 24.5 Å². The second-order valence-corrected chi connectivity index (χ2v) is 7.64. The van der Waals surface area contributed by atoms with Crippen molar-refractivity contribution in [3.8, 4) is 0 Å². The van der Waals surface area contributed by atoms with Crippen LogP contribution in [0.15, 0.2) is 29.4 Å². The summed E-state index contributed by atoms with van der Waals surface area (Å²) in [6.45, 7) is 1.56. The van der Waals surface area contributed by atoms with E-state index in [4.69, 9.17) is 37.8 Å². The molecule has 4 rings (SSSR count). The second kappa shape index (κ2) is 7.37. The van der Waals surface area contributed by atoms with Gasteiger partial charge in [0.15, 0.2) is 5.70 Å². The fourth-order valence-electron chi connectivity index (χ4n) is 4.07. The lowest BCUT2D eigenvalue weighted by Gasteiger charge is -2.44. The summed E-state index contributed by atoms with van der Waals surface area (Å²) in [5.74, 6) is 0. The molecule has 3 aliphatic heterocycles. The molecular weight excluding hydrogens is 359 g/mol. The summed E-state index contributed by atoms with van der Waals surface area (Å²) in [7, 11) is 0. The first kappa shape index (κ1) is 17.5. The molecule has 0 N–H and O–H groups in total. The molecule has 1 aromatic rings. The monoisotopic (exact) mass is 381 g/mol. The van der Waals surface area contributed by atoms with Gasteiger partial charge in [-0.2, -0.15) is 0 Å². The molecular formula is C19H23Cl2N2O2+. The van der Waals surface area contributed by atoms with Gasteiger partial charge in [0.2, 0.25) is 12.5 Å². The van der Waals surface area contributed by atoms with Crippen LogP contribution in [0.4, 0.5) is 0 Å². The van der Waals surface area contributed by atoms with E-state index in [2.05, 4.69) is 6.08 Å². The molecule has 0 amide bonds. The predicted molar refractivity (Wildman–Crippen MR) is 100 cm³/mol. The Labute approximate surface area is 158 Å². The smallest absolute Gasteiger partial charge is 0.224 e. The van der Waals surface area contributed by atoms with Crippen molar-refractivity contribution < 1.29 is 14.1 Å².